The molecule has 0 bridgehead atoms. The summed E-state index contributed by atoms with van der Waals surface area (Å²) < 4.78 is 60.4. The lowest BCUT2D eigenvalue weighted by atomic mass is 10.2. The number of nitrogens with zero attached hydrogens (tertiary/aromatic N) is 1. The van der Waals surface area contributed by atoms with E-state index < -0.39 is 22.6 Å². The predicted molar refractivity (Wildman–Crippen MR) is 78.7 cm³/mol. The van der Waals surface area contributed by atoms with E-state index in [1.165, 1.54) is 17.0 Å². The van der Waals surface area contributed by atoms with Crippen molar-refractivity contribution in [2.45, 2.75) is 30.5 Å². The molecule has 124 valence electrons. The molecule has 4 nitrogen and oxygen atoms in total. The van der Waals surface area contributed by atoms with Crippen molar-refractivity contribution in [1.82, 2.24) is 4.90 Å². The third kappa shape index (κ3) is 4.61. The van der Waals surface area contributed by atoms with E-state index in [4.69, 9.17) is 0 Å². The average molecular weight is 336 g/mol. The minimum Gasteiger partial charge on any atom is -0.381 e. The van der Waals surface area contributed by atoms with Gasteiger partial charge in [-0.1, -0.05) is 6.92 Å². The van der Waals surface area contributed by atoms with Crippen LogP contribution in [0.4, 0.5) is 18.9 Å². The minimum absolute atomic E-state index is 0.0365. The Bertz CT molecular complexity index is 600. The Hall–Kier alpha value is -1.28. The van der Waals surface area contributed by atoms with E-state index in [0.717, 1.165) is 0 Å². The largest absolute Gasteiger partial charge is 0.401 e. The number of nitrogens with one attached hydrogen (secondary N) is 1. The van der Waals surface area contributed by atoms with Gasteiger partial charge in [0.25, 0.3) is 0 Å². The van der Waals surface area contributed by atoms with Gasteiger partial charge >= 0.3 is 6.18 Å². The van der Waals surface area contributed by atoms with Crippen LogP contribution in [-0.2, 0) is 9.84 Å². The Balaban J connectivity index is 1.93. The molecule has 0 aromatic heterocycles. The Kier molecular flexibility index (Phi) is 5.01. The number of rotatable bonds is 5. The van der Waals surface area contributed by atoms with Gasteiger partial charge in [-0.25, -0.2) is 8.42 Å². The van der Waals surface area contributed by atoms with Crippen molar-refractivity contribution in [2.24, 2.45) is 0 Å². The zero-order valence-corrected chi connectivity index (χ0v) is 13.0. The summed E-state index contributed by atoms with van der Waals surface area (Å²) in [4.78, 5) is 1.62. The second-order valence-electron chi connectivity index (χ2n) is 5.41. The molecule has 1 saturated heterocycles. The first-order valence-electron chi connectivity index (χ1n) is 7.08. The molecule has 22 heavy (non-hydrogen) atoms. The highest BCUT2D eigenvalue weighted by Gasteiger charge is 2.34. The number of hydrogen-bond donors (Lipinski definition) is 1. The van der Waals surface area contributed by atoms with Gasteiger partial charge in [-0.15, -0.1) is 0 Å². The zero-order valence-electron chi connectivity index (χ0n) is 12.2. The maximum atomic E-state index is 12.3. The monoisotopic (exact) mass is 336 g/mol. The van der Waals surface area contributed by atoms with Crippen LogP contribution in [0.25, 0.3) is 0 Å². The molecule has 0 spiro atoms. The summed E-state index contributed by atoms with van der Waals surface area (Å²) in [5.41, 5.74) is 0.717. The molecule has 1 N–H and O–H groups in total. The summed E-state index contributed by atoms with van der Waals surface area (Å²) in [5.74, 6) is 0.0365. The van der Waals surface area contributed by atoms with Gasteiger partial charge in [0, 0.05) is 24.8 Å². The van der Waals surface area contributed by atoms with Crippen LogP contribution < -0.4 is 5.32 Å². The lowest BCUT2D eigenvalue weighted by Crippen LogP contribution is -2.34. The maximum absolute atomic E-state index is 12.3. The second-order valence-corrected chi connectivity index (χ2v) is 7.69. The molecule has 1 heterocycles. The summed E-state index contributed by atoms with van der Waals surface area (Å²) in [6.45, 7) is 1.42. The topological polar surface area (TPSA) is 49.4 Å². The summed E-state index contributed by atoms with van der Waals surface area (Å²) in [6, 6.07) is 6.27. The molecule has 0 saturated carbocycles. The third-order valence-corrected chi connectivity index (χ3v) is 5.39. The molecule has 1 aliphatic heterocycles. The molecule has 1 aromatic rings. The van der Waals surface area contributed by atoms with Gasteiger partial charge in [-0.2, -0.15) is 13.2 Å². The summed E-state index contributed by atoms with van der Waals surface area (Å²) in [6.07, 6.45) is -3.55. The van der Waals surface area contributed by atoms with Crippen LogP contribution in [0, 0.1) is 0 Å². The van der Waals surface area contributed by atoms with E-state index in [9.17, 15) is 21.6 Å². The highest BCUT2D eigenvalue weighted by molar-refractivity contribution is 7.91. The second kappa shape index (κ2) is 6.45. The number of likely N-dealkylation sites (tertiary alicyclic amines) is 1. The fourth-order valence-corrected chi connectivity index (χ4v) is 3.39. The first-order chi connectivity index (χ1) is 10.2. The average Bonchev–Trinajstić information content (AvgIpc) is 2.84. The minimum atomic E-state index is -4.18. The molecule has 1 aromatic carbocycles. The normalized spacial score (nSPS) is 20.3. The van der Waals surface area contributed by atoms with Crippen molar-refractivity contribution in [3.8, 4) is 0 Å². The molecule has 0 radical (unpaired) electrons. The first kappa shape index (κ1) is 17.1. The molecule has 1 aliphatic rings. The highest BCUT2D eigenvalue weighted by Crippen LogP contribution is 2.22. The van der Waals surface area contributed by atoms with Crippen LogP contribution in [0.1, 0.15) is 13.3 Å². The number of sulfone groups is 1. The molecular weight excluding hydrogens is 317 g/mol. The van der Waals surface area contributed by atoms with Crippen LogP contribution in [0.3, 0.4) is 0 Å². The quantitative estimate of drug-likeness (QED) is 0.898. The van der Waals surface area contributed by atoms with E-state index in [1.807, 2.05) is 0 Å². The fraction of sp³-hybridized carbons (Fsp3) is 0.571. The number of hydrogen-bond acceptors (Lipinski definition) is 4. The van der Waals surface area contributed by atoms with Gasteiger partial charge in [0.1, 0.15) is 0 Å². The van der Waals surface area contributed by atoms with E-state index >= 15 is 0 Å². The number of halogens is 3. The Morgan fingerprint density at radius 2 is 1.91 bits per heavy atom. The van der Waals surface area contributed by atoms with E-state index in [0.29, 0.717) is 25.2 Å². The molecule has 1 unspecified atom stereocenters. The number of anilines is 1. The fourth-order valence-electron chi connectivity index (χ4n) is 2.51. The number of alkyl halides is 3. The lowest BCUT2D eigenvalue weighted by Gasteiger charge is -2.18. The van der Waals surface area contributed by atoms with Gasteiger partial charge in [-0.05, 0) is 30.7 Å². The summed E-state index contributed by atoms with van der Waals surface area (Å²) in [5, 5.41) is 3.15. The van der Waals surface area contributed by atoms with E-state index in [-0.39, 0.29) is 16.7 Å². The van der Waals surface area contributed by atoms with Gasteiger partial charge < -0.3 is 5.32 Å². The Morgan fingerprint density at radius 1 is 1.27 bits per heavy atom. The zero-order chi connectivity index (χ0) is 16.4. The van der Waals surface area contributed by atoms with E-state index in [1.54, 1.807) is 19.1 Å². The molecule has 1 atom stereocenters. The predicted octanol–water partition coefficient (Wildman–Crippen LogP) is 2.53. The van der Waals surface area contributed by atoms with Crippen LogP contribution in [-0.4, -0.2) is 50.9 Å². The van der Waals surface area contributed by atoms with Crippen molar-refractivity contribution in [1.29, 1.82) is 0 Å². The van der Waals surface area contributed by atoms with Crippen molar-refractivity contribution >= 4 is 15.5 Å². The van der Waals surface area contributed by atoms with Crippen LogP contribution in [0.2, 0.25) is 0 Å². The third-order valence-electron chi connectivity index (χ3n) is 3.64. The van der Waals surface area contributed by atoms with Gasteiger partial charge in [0.05, 0.1) is 17.2 Å². The van der Waals surface area contributed by atoms with Crippen molar-refractivity contribution < 1.29 is 21.6 Å². The van der Waals surface area contributed by atoms with Crippen LogP contribution >= 0.6 is 0 Å². The van der Waals surface area contributed by atoms with Crippen LogP contribution in [0.5, 0.6) is 0 Å². The Labute approximate surface area is 128 Å². The van der Waals surface area contributed by atoms with Crippen LogP contribution in [0.15, 0.2) is 29.2 Å². The molecule has 8 heteroatoms. The summed E-state index contributed by atoms with van der Waals surface area (Å²) in [7, 11) is -3.23. The molecule has 2 rings (SSSR count). The SMILES string of the molecule is CCS(=O)(=O)c1ccc(NC2CCN(CC(F)(F)F)C2)cc1. The lowest BCUT2D eigenvalue weighted by molar-refractivity contribution is -0.143. The van der Waals surface area contributed by atoms with Crippen molar-refractivity contribution in [2.75, 3.05) is 30.7 Å². The van der Waals surface area contributed by atoms with Crippen molar-refractivity contribution in [3.05, 3.63) is 24.3 Å². The maximum Gasteiger partial charge on any atom is 0.401 e. The standard InChI is InChI=1S/C14H19F3N2O2S/c1-2-22(20,21)13-5-3-11(4-6-13)18-12-7-8-19(9-12)10-14(15,16)17/h3-6,12,18H,2,7-10H2,1H3. The highest BCUT2D eigenvalue weighted by atomic mass is 32.2. The smallest absolute Gasteiger partial charge is 0.381 e. The van der Waals surface area contributed by atoms with Crippen molar-refractivity contribution in [3.63, 3.8) is 0 Å². The van der Waals surface area contributed by atoms with Gasteiger partial charge in [-0.3, -0.25) is 4.90 Å². The summed E-state index contributed by atoms with van der Waals surface area (Å²) >= 11 is 0. The molecule has 1 fully saturated rings. The molecule has 0 amide bonds. The number of benzene rings is 1. The molecular formula is C14H19F3N2O2S. The Morgan fingerprint density at radius 3 is 2.45 bits per heavy atom. The van der Waals surface area contributed by atoms with Gasteiger partial charge in [0.2, 0.25) is 0 Å². The van der Waals surface area contributed by atoms with E-state index in [2.05, 4.69) is 5.32 Å². The van der Waals surface area contributed by atoms with Gasteiger partial charge in [0.15, 0.2) is 9.84 Å². The first-order valence-corrected chi connectivity index (χ1v) is 8.73. The molecule has 0 aliphatic carbocycles.